The molecule has 4 rings (SSSR count). The zero-order chi connectivity index (χ0) is 24.8. The number of hydrogen-bond acceptors (Lipinski definition) is 5. The topological polar surface area (TPSA) is 132 Å². The average molecular weight is 467 g/mol. The number of hydrogen-bond donors (Lipinski definition) is 4. The first-order valence-electron chi connectivity index (χ1n) is 12.6. The van der Waals surface area contributed by atoms with E-state index in [1.54, 1.807) is 0 Å². The van der Waals surface area contributed by atoms with Crippen LogP contribution in [-0.2, 0) is 14.4 Å². The van der Waals surface area contributed by atoms with Gasteiger partial charge in [-0.1, -0.05) is 13.8 Å². The minimum absolute atomic E-state index is 0.274. The van der Waals surface area contributed by atoms with Gasteiger partial charge in [0.1, 0.15) is 5.78 Å². The maximum absolute atomic E-state index is 12.2. The molecule has 4 aliphatic carbocycles. The fourth-order valence-corrected chi connectivity index (χ4v) is 8.35. The van der Waals surface area contributed by atoms with Crippen LogP contribution in [0.3, 0.4) is 0 Å². The number of carboxylic acid groups (broad SMARTS) is 2. The summed E-state index contributed by atoms with van der Waals surface area (Å²) in [5.41, 5.74) is 0.268. The highest BCUT2D eigenvalue weighted by molar-refractivity contribution is 5.80. The van der Waals surface area contributed by atoms with Gasteiger partial charge in [-0.2, -0.15) is 0 Å². The van der Waals surface area contributed by atoms with Gasteiger partial charge in [-0.3, -0.25) is 9.59 Å². The highest BCUT2D eigenvalue weighted by Crippen LogP contribution is 2.68. The van der Waals surface area contributed by atoms with Gasteiger partial charge < -0.3 is 20.4 Å². The van der Waals surface area contributed by atoms with Crippen molar-refractivity contribution in [2.75, 3.05) is 0 Å². The summed E-state index contributed by atoms with van der Waals surface area (Å²) in [6.07, 6.45) is 8.25. The Bertz CT molecular complexity index is 777. The average Bonchev–Trinajstić information content (AvgIpc) is 3.06. The smallest absolute Gasteiger partial charge is 0.333 e. The van der Waals surface area contributed by atoms with Crippen molar-refractivity contribution in [2.24, 2.45) is 40.4 Å². The predicted octanol–water partition coefficient (Wildman–Crippen LogP) is 3.89. The number of Topliss-reactive ketones (excluding diaryl/α,β-unsaturated/α-hetero) is 1. The van der Waals surface area contributed by atoms with Crippen molar-refractivity contribution in [3.05, 3.63) is 0 Å². The summed E-state index contributed by atoms with van der Waals surface area (Å²) in [6.45, 7) is 8.85. The Morgan fingerprint density at radius 1 is 0.879 bits per heavy atom. The van der Waals surface area contributed by atoms with Gasteiger partial charge in [0.25, 0.3) is 0 Å². The second-order valence-electron chi connectivity index (χ2n) is 12.1. The normalized spacial score (nSPS) is 44.8. The summed E-state index contributed by atoms with van der Waals surface area (Å²) in [7, 11) is 0. The van der Waals surface area contributed by atoms with E-state index >= 15 is 0 Å². The van der Waals surface area contributed by atoms with E-state index in [4.69, 9.17) is 15.3 Å². The van der Waals surface area contributed by atoms with Crippen LogP contribution in [0.4, 0.5) is 0 Å². The van der Waals surface area contributed by atoms with E-state index in [1.165, 1.54) is 38.5 Å². The molecule has 0 aromatic carbocycles. The Morgan fingerprint density at radius 3 is 2.06 bits per heavy atom. The van der Waals surface area contributed by atoms with Crippen molar-refractivity contribution in [1.82, 2.24) is 0 Å². The van der Waals surface area contributed by atoms with Crippen molar-refractivity contribution >= 4 is 17.7 Å². The summed E-state index contributed by atoms with van der Waals surface area (Å²) >= 11 is 0. The van der Waals surface area contributed by atoms with Crippen LogP contribution in [0, 0.1) is 40.4 Å². The molecule has 4 N–H and O–H groups in total. The number of carbonyl (C=O) groups excluding carboxylic acids is 1. The van der Waals surface area contributed by atoms with Crippen molar-refractivity contribution in [3.63, 3.8) is 0 Å². The molecular weight excluding hydrogens is 424 g/mol. The highest BCUT2D eigenvalue weighted by Gasteiger charge is 2.61. The molecule has 0 amide bonds. The monoisotopic (exact) mass is 466 g/mol. The van der Waals surface area contributed by atoms with E-state index in [-0.39, 0.29) is 5.41 Å². The standard InChI is InChI=1S/C22H36O2.C4H6O5/c1-14(23)17-7-8-18-16-6-5-15-13-20(2,24)11-12-21(15,3)19(16)9-10-22(17,18)4;5-2(4(8)9)1-3(6)7/h15-19,24H,5-13H2,1-4H3;2,5H,1H2,(H,6,7)(H,8,9)/t15-,16-,17+,18-,19-,20+,21-,22+;/m0./s1. The second kappa shape index (κ2) is 9.29. The lowest BCUT2D eigenvalue weighted by molar-refractivity contribution is -0.152. The Morgan fingerprint density at radius 2 is 1.52 bits per heavy atom. The molecule has 7 heteroatoms. The van der Waals surface area contributed by atoms with Crippen LogP contribution in [0.5, 0.6) is 0 Å². The maximum atomic E-state index is 12.2. The molecule has 0 aromatic rings. The Labute approximate surface area is 197 Å². The lowest BCUT2D eigenvalue weighted by atomic mass is 9.44. The van der Waals surface area contributed by atoms with Crippen molar-refractivity contribution < 1.29 is 34.8 Å². The van der Waals surface area contributed by atoms with E-state index in [0.29, 0.717) is 23.0 Å². The first kappa shape index (κ1) is 26.1. The van der Waals surface area contributed by atoms with Gasteiger partial charge in [0.05, 0.1) is 12.0 Å². The molecule has 4 saturated carbocycles. The van der Waals surface area contributed by atoms with Crippen LogP contribution >= 0.6 is 0 Å². The third-order valence-corrected chi connectivity index (χ3v) is 10.1. The lowest BCUT2D eigenvalue weighted by Crippen LogP contribution is -2.55. The van der Waals surface area contributed by atoms with Crippen molar-refractivity contribution in [2.45, 2.75) is 104 Å². The summed E-state index contributed by atoms with van der Waals surface area (Å²) in [6, 6.07) is 0. The molecule has 9 atom stereocenters. The lowest BCUT2D eigenvalue weighted by Gasteiger charge is -2.61. The molecule has 0 aromatic heterocycles. The number of fused-ring (bicyclic) bond motifs is 5. The Balaban J connectivity index is 0.000000292. The summed E-state index contributed by atoms with van der Waals surface area (Å²) in [5.74, 6) is 1.05. The molecule has 33 heavy (non-hydrogen) atoms. The van der Waals surface area contributed by atoms with Crippen LogP contribution in [0.25, 0.3) is 0 Å². The minimum Gasteiger partial charge on any atom is -0.481 e. The highest BCUT2D eigenvalue weighted by atomic mass is 16.4. The van der Waals surface area contributed by atoms with Gasteiger partial charge in [-0.25, -0.2) is 4.79 Å². The van der Waals surface area contributed by atoms with Gasteiger partial charge >= 0.3 is 11.9 Å². The van der Waals surface area contributed by atoms with E-state index < -0.39 is 30.1 Å². The van der Waals surface area contributed by atoms with Crippen LogP contribution in [0.1, 0.15) is 91.9 Å². The number of aliphatic hydroxyl groups excluding tert-OH is 1. The molecule has 0 saturated heterocycles. The molecule has 0 heterocycles. The second-order valence-corrected chi connectivity index (χ2v) is 12.1. The number of ketones is 1. The summed E-state index contributed by atoms with van der Waals surface area (Å²) < 4.78 is 0. The quantitative estimate of drug-likeness (QED) is 0.494. The van der Waals surface area contributed by atoms with Crippen LogP contribution in [0.15, 0.2) is 0 Å². The maximum Gasteiger partial charge on any atom is 0.333 e. The fraction of sp³-hybridized carbons (Fsp3) is 0.885. The number of aliphatic hydroxyl groups is 2. The Kier molecular flexibility index (Phi) is 7.36. The third kappa shape index (κ3) is 5.00. The zero-order valence-electron chi connectivity index (χ0n) is 20.5. The van der Waals surface area contributed by atoms with Gasteiger partial charge in [0.15, 0.2) is 6.10 Å². The van der Waals surface area contributed by atoms with E-state index in [0.717, 1.165) is 37.0 Å². The number of aliphatic carboxylic acids is 2. The summed E-state index contributed by atoms with van der Waals surface area (Å²) in [4.78, 5) is 31.6. The molecule has 188 valence electrons. The van der Waals surface area contributed by atoms with Crippen LogP contribution < -0.4 is 0 Å². The van der Waals surface area contributed by atoms with Gasteiger partial charge in [-0.05, 0) is 106 Å². The van der Waals surface area contributed by atoms with Crippen LogP contribution in [0.2, 0.25) is 0 Å². The predicted molar refractivity (Wildman–Crippen MR) is 122 cm³/mol. The SMILES string of the molecule is CC(=O)[C@H]1CC[C@H]2[C@@H]3CC[C@H]4C[C@](C)(O)CC[C@]4(C)[C@H]3CC[C@]12C.O=C(O)CC(O)C(=O)O. The number of carboxylic acids is 2. The molecule has 0 radical (unpaired) electrons. The van der Waals surface area contributed by atoms with Crippen molar-refractivity contribution in [3.8, 4) is 0 Å². The van der Waals surface area contributed by atoms with E-state index in [1.807, 2.05) is 13.8 Å². The van der Waals surface area contributed by atoms with E-state index in [9.17, 15) is 19.5 Å². The molecule has 4 fully saturated rings. The molecular formula is C26H42O7. The molecule has 4 aliphatic rings. The Hall–Kier alpha value is -1.47. The van der Waals surface area contributed by atoms with E-state index in [2.05, 4.69) is 13.8 Å². The zero-order valence-corrected chi connectivity index (χ0v) is 20.5. The van der Waals surface area contributed by atoms with Gasteiger partial charge in [0.2, 0.25) is 0 Å². The first-order valence-corrected chi connectivity index (χ1v) is 12.6. The van der Waals surface area contributed by atoms with Crippen LogP contribution in [-0.4, -0.2) is 49.9 Å². The van der Waals surface area contributed by atoms with Gasteiger partial charge in [0, 0.05) is 5.92 Å². The molecule has 0 aliphatic heterocycles. The number of carbonyl (C=O) groups is 3. The molecule has 0 bridgehead atoms. The summed E-state index contributed by atoms with van der Waals surface area (Å²) in [5, 5.41) is 34.7. The molecule has 0 spiro atoms. The number of rotatable bonds is 4. The fourth-order valence-electron chi connectivity index (χ4n) is 8.35. The molecule has 1 unspecified atom stereocenters. The largest absolute Gasteiger partial charge is 0.481 e. The van der Waals surface area contributed by atoms with Crippen molar-refractivity contribution in [1.29, 1.82) is 0 Å². The minimum atomic E-state index is -1.79. The first-order chi connectivity index (χ1) is 15.2. The molecule has 7 nitrogen and oxygen atoms in total. The van der Waals surface area contributed by atoms with Gasteiger partial charge in [-0.15, -0.1) is 0 Å². The third-order valence-electron chi connectivity index (χ3n) is 10.1.